The van der Waals surface area contributed by atoms with Crippen molar-refractivity contribution >= 4 is 11.6 Å². The van der Waals surface area contributed by atoms with Crippen LogP contribution in [0.2, 0.25) is 5.02 Å². The van der Waals surface area contributed by atoms with Crippen LogP contribution in [0.4, 0.5) is 0 Å². The summed E-state index contributed by atoms with van der Waals surface area (Å²) in [5, 5.41) is 40.2. The zero-order valence-corrected chi connectivity index (χ0v) is 15.6. The highest BCUT2D eigenvalue weighted by molar-refractivity contribution is 6.31. The molecule has 0 spiro atoms. The van der Waals surface area contributed by atoms with Gasteiger partial charge in [0.25, 0.3) is 0 Å². The molecular formula is C20H23ClO6. The van der Waals surface area contributed by atoms with Gasteiger partial charge in [0.15, 0.2) is 6.29 Å². The van der Waals surface area contributed by atoms with Gasteiger partial charge in [0.2, 0.25) is 0 Å². The second-order valence-electron chi connectivity index (χ2n) is 6.52. The average molecular weight is 395 g/mol. The minimum absolute atomic E-state index is 0.477. The molecule has 0 radical (unpaired) electrons. The van der Waals surface area contributed by atoms with E-state index in [2.05, 4.69) is 0 Å². The molecule has 0 amide bonds. The smallest absolute Gasteiger partial charge is 0.184 e. The van der Waals surface area contributed by atoms with Crippen LogP contribution >= 0.6 is 11.6 Å². The lowest BCUT2D eigenvalue weighted by Gasteiger charge is -2.22. The van der Waals surface area contributed by atoms with Gasteiger partial charge in [-0.2, -0.15) is 0 Å². The summed E-state index contributed by atoms with van der Waals surface area (Å²) in [4.78, 5) is 0. The van der Waals surface area contributed by atoms with E-state index in [1.54, 1.807) is 18.2 Å². The molecule has 1 heterocycles. The average Bonchev–Trinajstić information content (AvgIpc) is 2.92. The quantitative estimate of drug-likeness (QED) is 0.596. The third-order valence-corrected chi connectivity index (χ3v) is 5.00. The number of hydrogen-bond donors (Lipinski definition) is 4. The Hall–Kier alpha value is -1.67. The van der Waals surface area contributed by atoms with Gasteiger partial charge in [-0.1, -0.05) is 35.9 Å². The van der Waals surface area contributed by atoms with Crippen molar-refractivity contribution in [2.75, 3.05) is 6.61 Å². The molecule has 0 bridgehead atoms. The first-order valence-electron chi connectivity index (χ1n) is 8.78. The van der Waals surface area contributed by atoms with Crippen LogP contribution in [-0.2, 0) is 11.2 Å². The molecule has 5 unspecified atom stereocenters. The summed E-state index contributed by atoms with van der Waals surface area (Å²) < 4.78 is 10.5. The van der Waals surface area contributed by atoms with Crippen LogP contribution in [0.1, 0.15) is 29.7 Å². The van der Waals surface area contributed by atoms with E-state index in [-0.39, 0.29) is 0 Å². The van der Waals surface area contributed by atoms with Crippen molar-refractivity contribution in [2.45, 2.75) is 44.1 Å². The van der Waals surface area contributed by atoms with E-state index in [0.717, 1.165) is 16.9 Å². The van der Waals surface area contributed by atoms with Gasteiger partial charge in [0.05, 0.1) is 6.61 Å². The Morgan fingerprint density at radius 1 is 1.07 bits per heavy atom. The molecule has 1 fully saturated rings. The molecule has 0 aliphatic carbocycles. The minimum atomic E-state index is -1.53. The van der Waals surface area contributed by atoms with E-state index in [1.807, 2.05) is 31.2 Å². The van der Waals surface area contributed by atoms with Crippen LogP contribution in [0.25, 0.3) is 0 Å². The van der Waals surface area contributed by atoms with Gasteiger partial charge in [0.1, 0.15) is 30.2 Å². The highest BCUT2D eigenvalue weighted by Gasteiger charge is 2.45. The summed E-state index contributed by atoms with van der Waals surface area (Å²) in [5.41, 5.74) is 2.30. The number of ether oxygens (including phenoxy) is 2. The molecule has 5 atom stereocenters. The van der Waals surface area contributed by atoms with Gasteiger partial charge in [-0.25, -0.2) is 0 Å². The fourth-order valence-electron chi connectivity index (χ4n) is 3.14. The number of aliphatic hydroxyl groups excluding tert-OH is 4. The molecular weight excluding hydrogens is 372 g/mol. The van der Waals surface area contributed by atoms with E-state index >= 15 is 0 Å². The van der Waals surface area contributed by atoms with Gasteiger partial charge in [-0.05, 0) is 48.2 Å². The Morgan fingerprint density at radius 3 is 2.37 bits per heavy atom. The Bertz CT molecular complexity index is 766. The number of benzene rings is 2. The summed E-state index contributed by atoms with van der Waals surface area (Å²) in [6, 6.07) is 12.7. The molecule has 2 aromatic carbocycles. The normalized spacial score (nSPS) is 26.1. The summed E-state index contributed by atoms with van der Waals surface area (Å²) in [5.74, 6) is 0.793. The second-order valence-corrected chi connectivity index (χ2v) is 6.93. The first-order valence-corrected chi connectivity index (χ1v) is 9.16. The number of rotatable bonds is 6. The maximum atomic E-state index is 10.5. The van der Waals surface area contributed by atoms with Crippen molar-refractivity contribution in [2.24, 2.45) is 0 Å². The lowest BCUT2D eigenvalue weighted by molar-refractivity contribution is -0.146. The minimum Gasteiger partial charge on any atom is -0.494 e. The third-order valence-electron chi connectivity index (χ3n) is 4.63. The van der Waals surface area contributed by atoms with Crippen LogP contribution < -0.4 is 4.74 Å². The maximum absolute atomic E-state index is 10.5. The molecule has 7 heteroatoms. The van der Waals surface area contributed by atoms with Crippen molar-refractivity contribution in [1.82, 2.24) is 0 Å². The number of hydrogen-bond acceptors (Lipinski definition) is 6. The van der Waals surface area contributed by atoms with Crippen molar-refractivity contribution in [3.63, 3.8) is 0 Å². The maximum Gasteiger partial charge on any atom is 0.184 e. The Balaban J connectivity index is 1.78. The SMILES string of the molecule is CCOc1ccc(Cc2cc(C(O)C3OC(O)C(O)C3O)ccc2Cl)cc1. The molecule has 2 aromatic rings. The molecule has 0 aromatic heterocycles. The molecule has 4 N–H and O–H groups in total. The van der Waals surface area contributed by atoms with Gasteiger partial charge in [0, 0.05) is 5.02 Å². The predicted molar refractivity (Wildman–Crippen MR) is 99.7 cm³/mol. The van der Waals surface area contributed by atoms with Crippen LogP contribution in [0.3, 0.4) is 0 Å². The Labute approximate surface area is 162 Å². The molecule has 1 aliphatic rings. The van der Waals surface area contributed by atoms with Crippen molar-refractivity contribution in [3.8, 4) is 5.75 Å². The number of halogens is 1. The van der Waals surface area contributed by atoms with Crippen molar-refractivity contribution in [3.05, 3.63) is 64.2 Å². The summed E-state index contributed by atoms with van der Waals surface area (Å²) in [6.07, 6.45) is -6.18. The zero-order chi connectivity index (χ0) is 19.6. The van der Waals surface area contributed by atoms with Crippen LogP contribution in [0, 0.1) is 0 Å². The Morgan fingerprint density at radius 2 is 1.78 bits per heavy atom. The molecule has 27 heavy (non-hydrogen) atoms. The molecule has 146 valence electrons. The van der Waals surface area contributed by atoms with E-state index in [4.69, 9.17) is 21.1 Å². The highest BCUT2D eigenvalue weighted by Crippen LogP contribution is 2.32. The zero-order valence-electron chi connectivity index (χ0n) is 14.8. The summed E-state index contributed by atoms with van der Waals surface area (Å²) in [7, 11) is 0. The van der Waals surface area contributed by atoms with Gasteiger partial charge in [-0.3, -0.25) is 0 Å². The second kappa shape index (κ2) is 8.56. The topological polar surface area (TPSA) is 99.4 Å². The van der Waals surface area contributed by atoms with Crippen LogP contribution in [0.5, 0.6) is 5.75 Å². The first-order chi connectivity index (χ1) is 12.9. The van der Waals surface area contributed by atoms with Crippen LogP contribution in [0.15, 0.2) is 42.5 Å². The predicted octanol–water partition coefficient (Wildman–Crippen LogP) is 1.80. The lowest BCUT2D eigenvalue weighted by Crippen LogP contribution is -2.35. The van der Waals surface area contributed by atoms with Crippen molar-refractivity contribution < 1.29 is 29.9 Å². The van der Waals surface area contributed by atoms with E-state index in [1.165, 1.54) is 0 Å². The standard InChI is InChI=1S/C20H23ClO6/c1-2-26-14-6-3-11(4-7-14)9-13-10-12(5-8-15(13)21)16(22)19-17(23)18(24)20(25)27-19/h3-8,10,16-20,22-25H,2,9H2,1H3. The van der Waals surface area contributed by atoms with Gasteiger partial charge >= 0.3 is 0 Å². The monoisotopic (exact) mass is 394 g/mol. The van der Waals surface area contributed by atoms with E-state index < -0.39 is 30.7 Å². The molecule has 0 saturated carbocycles. The lowest BCUT2D eigenvalue weighted by atomic mass is 9.96. The Kier molecular flexibility index (Phi) is 6.37. The number of aliphatic hydroxyl groups is 4. The fourth-order valence-corrected chi connectivity index (χ4v) is 3.32. The summed E-state index contributed by atoms with van der Waals surface area (Å²) >= 11 is 6.30. The molecule has 3 rings (SSSR count). The first kappa shape index (κ1) is 20.1. The fraction of sp³-hybridized carbons (Fsp3) is 0.400. The third kappa shape index (κ3) is 4.43. The molecule has 6 nitrogen and oxygen atoms in total. The van der Waals surface area contributed by atoms with Crippen molar-refractivity contribution in [1.29, 1.82) is 0 Å². The van der Waals surface area contributed by atoms with Gasteiger partial charge < -0.3 is 29.9 Å². The van der Waals surface area contributed by atoms with E-state index in [9.17, 15) is 20.4 Å². The molecule has 1 aliphatic heterocycles. The van der Waals surface area contributed by atoms with E-state index in [0.29, 0.717) is 23.6 Å². The van der Waals surface area contributed by atoms with Crippen LogP contribution in [-0.4, -0.2) is 51.6 Å². The van der Waals surface area contributed by atoms with Gasteiger partial charge in [-0.15, -0.1) is 0 Å². The highest BCUT2D eigenvalue weighted by atomic mass is 35.5. The largest absolute Gasteiger partial charge is 0.494 e. The summed E-state index contributed by atoms with van der Waals surface area (Å²) in [6.45, 7) is 2.52. The molecule has 1 saturated heterocycles.